The molecule has 3 heterocycles. The average molecular weight is 745 g/mol. The Labute approximate surface area is 317 Å². The molecule has 0 aliphatic carbocycles. The Morgan fingerprint density at radius 1 is 0.500 bits per heavy atom. The molecule has 5 rings (SSSR count). The number of amides is 6. The quantitative estimate of drug-likeness (QED) is 0.170. The number of carbonyl (C=O) groups is 6. The van der Waals surface area contributed by atoms with E-state index in [1.54, 1.807) is 0 Å². The van der Waals surface area contributed by atoms with E-state index in [9.17, 15) is 28.8 Å². The average Bonchev–Trinajstić information content (AvgIpc) is 3.88. The lowest BCUT2D eigenvalue weighted by atomic mass is 10.0. The van der Waals surface area contributed by atoms with Crippen molar-refractivity contribution in [1.29, 1.82) is 0 Å². The molecule has 0 spiro atoms. The van der Waals surface area contributed by atoms with Gasteiger partial charge >= 0.3 is 0 Å². The second kappa shape index (κ2) is 20.0. The van der Waals surface area contributed by atoms with Gasteiger partial charge < -0.3 is 42.5 Å². The van der Waals surface area contributed by atoms with Crippen molar-refractivity contribution in [2.75, 3.05) is 26.2 Å². The molecule has 0 radical (unpaired) electrons. The van der Waals surface area contributed by atoms with Gasteiger partial charge in [0.25, 0.3) is 0 Å². The van der Waals surface area contributed by atoms with Gasteiger partial charge in [0.1, 0.15) is 36.3 Å². The number of hydrogen-bond donors (Lipinski definition) is 6. The van der Waals surface area contributed by atoms with Crippen LogP contribution in [0.15, 0.2) is 60.7 Å². The molecule has 8 N–H and O–H groups in total. The van der Waals surface area contributed by atoms with E-state index in [4.69, 9.17) is 11.5 Å². The van der Waals surface area contributed by atoms with Gasteiger partial charge in [0.15, 0.2) is 0 Å². The fourth-order valence-corrected chi connectivity index (χ4v) is 7.71. The summed E-state index contributed by atoms with van der Waals surface area (Å²) in [5.74, 6) is -2.84. The minimum atomic E-state index is -1.03. The van der Waals surface area contributed by atoms with Gasteiger partial charge in [-0.2, -0.15) is 0 Å². The monoisotopic (exact) mass is 744 g/mol. The van der Waals surface area contributed by atoms with Crippen LogP contribution in [-0.2, 0) is 41.6 Å². The number of carbonyl (C=O) groups excluding carboxylic acids is 6. The molecule has 3 aliphatic rings. The Morgan fingerprint density at radius 3 is 1.24 bits per heavy atom. The summed E-state index contributed by atoms with van der Waals surface area (Å²) in [6, 6.07) is 12.7. The number of nitrogens with zero attached hydrogens (tertiary/aromatic N) is 2. The number of rotatable bonds is 12. The summed E-state index contributed by atoms with van der Waals surface area (Å²) >= 11 is 0. The zero-order chi connectivity index (χ0) is 38.5. The summed E-state index contributed by atoms with van der Waals surface area (Å²) in [5.41, 5.74) is 13.2. The van der Waals surface area contributed by atoms with Crippen molar-refractivity contribution in [1.82, 2.24) is 31.1 Å². The molecule has 54 heavy (non-hydrogen) atoms. The third-order valence-electron chi connectivity index (χ3n) is 10.6. The first-order valence-electron chi connectivity index (χ1n) is 19.5. The van der Waals surface area contributed by atoms with Crippen molar-refractivity contribution >= 4 is 35.4 Å². The van der Waals surface area contributed by atoms with Gasteiger partial charge in [0.2, 0.25) is 35.4 Å². The summed E-state index contributed by atoms with van der Waals surface area (Å²) in [4.78, 5) is 88.1. The van der Waals surface area contributed by atoms with E-state index in [2.05, 4.69) is 21.3 Å². The molecule has 3 fully saturated rings. The molecular weight excluding hydrogens is 688 g/mol. The van der Waals surface area contributed by atoms with Crippen molar-refractivity contribution in [2.45, 2.75) is 113 Å². The van der Waals surface area contributed by atoms with Crippen molar-refractivity contribution < 1.29 is 28.8 Å². The summed E-state index contributed by atoms with van der Waals surface area (Å²) in [5, 5.41) is 11.7. The predicted octanol–water partition coefficient (Wildman–Crippen LogP) is 0.665. The zero-order valence-electron chi connectivity index (χ0n) is 31.0. The zero-order valence-corrected chi connectivity index (χ0v) is 31.0. The summed E-state index contributed by atoms with van der Waals surface area (Å²) in [6.07, 6.45) is 5.09. The van der Waals surface area contributed by atoms with Crippen LogP contribution in [0, 0.1) is 0 Å². The number of benzene rings is 2. The third kappa shape index (κ3) is 10.7. The molecule has 14 heteroatoms. The lowest BCUT2D eigenvalue weighted by molar-refractivity contribution is -0.144. The summed E-state index contributed by atoms with van der Waals surface area (Å²) < 4.78 is 0. The van der Waals surface area contributed by atoms with Crippen LogP contribution in [0.3, 0.4) is 0 Å². The maximum Gasteiger partial charge on any atom is 0.246 e. The standard InChI is InChI=1S/C40H56N8O6/c41-21-9-7-17-29-35(49)45-31(25-27-13-3-1-4-14-27)39(53)47-23-11-19-33(47)37(51)44-30(18-8-10-22-42)36(50)46-32(26-28-15-5-2-6-16-28)40(54)48-24-12-20-34(48)38(52)43-29/h1-6,13-16,29-34H,7-12,17-26,41-42H2,(H,43,52)(H,44,51)(H,45,49)(H,46,50)/t29-,30-,31+,32+,33-,34-/m0/s1. The highest BCUT2D eigenvalue weighted by Crippen LogP contribution is 2.23. The van der Waals surface area contributed by atoms with E-state index < -0.39 is 71.7 Å². The Kier molecular flexibility index (Phi) is 15.0. The summed E-state index contributed by atoms with van der Waals surface area (Å²) in [7, 11) is 0. The van der Waals surface area contributed by atoms with Gasteiger partial charge in [-0.1, -0.05) is 60.7 Å². The van der Waals surface area contributed by atoms with Crippen LogP contribution in [0.4, 0.5) is 0 Å². The Bertz CT molecular complexity index is 1480. The van der Waals surface area contributed by atoms with Gasteiger partial charge in [-0.05, 0) is 88.4 Å². The molecule has 3 aliphatic heterocycles. The molecule has 0 aromatic heterocycles. The predicted molar refractivity (Wildman–Crippen MR) is 203 cm³/mol. The van der Waals surface area contributed by atoms with Gasteiger partial charge in [0, 0.05) is 25.9 Å². The van der Waals surface area contributed by atoms with Crippen LogP contribution < -0.4 is 32.7 Å². The molecular formula is C40H56N8O6. The van der Waals surface area contributed by atoms with E-state index in [0.29, 0.717) is 77.5 Å². The van der Waals surface area contributed by atoms with E-state index in [1.807, 2.05) is 60.7 Å². The highest BCUT2D eigenvalue weighted by atomic mass is 16.2. The molecule has 14 nitrogen and oxygen atoms in total. The van der Waals surface area contributed by atoms with Crippen molar-refractivity contribution in [3.05, 3.63) is 71.8 Å². The second-order valence-electron chi connectivity index (χ2n) is 14.6. The molecule has 0 saturated carbocycles. The Hall–Kier alpha value is -4.82. The Morgan fingerprint density at radius 2 is 0.870 bits per heavy atom. The molecule has 6 amide bonds. The van der Waals surface area contributed by atoms with Crippen LogP contribution in [0.1, 0.15) is 75.3 Å². The van der Waals surface area contributed by atoms with E-state index in [0.717, 1.165) is 11.1 Å². The minimum absolute atomic E-state index is 0.164. The highest BCUT2D eigenvalue weighted by molar-refractivity contribution is 5.98. The fraction of sp³-hybridized carbons (Fsp3) is 0.550. The number of unbranched alkanes of at least 4 members (excludes halogenated alkanes) is 2. The van der Waals surface area contributed by atoms with Gasteiger partial charge in [-0.25, -0.2) is 0 Å². The number of hydrogen-bond acceptors (Lipinski definition) is 8. The van der Waals surface area contributed by atoms with Crippen LogP contribution in [-0.4, -0.2) is 108 Å². The first kappa shape index (κ1) is 40.4. The van der Waals surface area contributed by atoms with Gasteiger partial charge in [0.05, 0.1) is 0 Å². The topological polar surface area (TPSA) is 209 Å². The molecule has 0 unspecified atom stereocenters. The number of nitrogens with two attached hydrogens (primary N) is 2. The van der Waals surface area contributed by atoms with E-state index in [1.165, 1.54) is 9.80 Å². The van der Waals surface area contributed by atoms with Crippen molar-refractivity contribution in [3.8, 4) is 0 Å². The molecule has 3 saturated heterocycles. The van der Waals surface area contributed by atoms with Gasteiger partial charge in [-0.3, -0.25) is 28.8 Å². The first-order valence-corrected chi connectivity index (χ1v) is 19.5. The minimum Gasteiger partial charge on any atom is -0.343 e. The normalized spacial score (nSPS) is 25.9. The lowest BCUT2D eigenvalue weighted by Gasteiger charge is -2.33. The van der Waals surface area contributed by atoms with E-state index >= 15 is 0 Å². The number of nitrogens with one attached hydrogen (secondary N) is 4. The molecule has 2 aromatic carbocycles. The highest BCUT2D eigenvalue weighted by Gasteiger charge is 2.42. The second-order valence-corrected chi connectivity index (χ2v) is 14.6. The number of fused-ring (bicyclic) bond motifs is 2. The molecule has 292 valence electrons. The van der Waals surface area contributed by atoms with E-state index in [-0.39, 0.29) is 25.7 Å². The molecule has 0 bridgehead atoms. The smallest absolute Gasteiger partial charge is 0.246 e. The maximum atomic E-state index is 14.4. The van der Waals surface area contributed by atoms with Crippen LogP contribution in [0.2, 0.25) is 0 Å². The van der Waals surface area contributed by atoms with Crippen LogP contribution in [0.5, 0.6) is 0 Å². The van der Waals surface area contributed by atoms with Crippen molar-refractivity contribution in [2.24, 2.45) is 11.5 Å². The SMILES string of the molecule is NCCCC[C@@H]1NC(=O)[C@@H]2CCCN2C(=O)[C@@H](Cc2ccccc2)NC(=O)[C@H](CCCCN)NC(=O)[C@@H]2CCCN2C(=O)[C@@H](Cc2ccccc2)NC1=O. The molecule has 6 atom stereocenters. The van der Waals surface area contributed by atoms with Crippen LogP contribution in [0.25, 0.3) is 0 Å². The van der Waals surface area contributed by atoms with Crippen molar-refractivity contribution in [3.63, 3.8) is 0 Å². The molecule has 2 aromatic rings. The van der Waals surface area contributed by atoms with Gasteiger partial charge in [-0.15, -0.1) is 0 Å². The van der Waals surface area contributed by atoms with Crippen LogP contribution >= 0.6 is 0 Å². The lowest BCUT2D eigenvalue weighted by Crippen LogP contribution is -2.61. The Balaban J connectivity index is 1.52. The maximum absolute atomic E-state index is 14.4. The summed E-state index contributed by atoms with van der Waals surface area (Å²) in [6.45, 7) is 1.40. The fourth-order valence-electron chi connectivity index (χ4n) is 7.71. The third-order valence-corrected chi connectivity index (χ3v) is 10.6. The first-order chi connectivity index (χ1) is 26.2. The largest absolute Gasteiger partial charge is 0.343 e.